The molecule has 0 radical (unpaired) electrons. The lowest BCUT2D eigenvalue weighted by molar-refractivity contribution is 0.0228. The fraction of sp³-hybridized carbons (Fsp3) is 0.462. The molecule has 4 heteroatoms. The van der Waals surface area contributed by atoms with Gasteiger partial charge in [-0.15, -0.1) is 0 Å². The highest BCUT2D eigenvalue weighted by Crippen LogP contribution is 2.12. The fourth-order valence-corrected chi connectivity index (χ4v) is 1.28. The largest absolute Gasteiger partial charge is 0.377 e. The van der Waals surface area contributed by atoms with E-state index >= 15 is 0 Å². The number of hydrogen-bond acceptors (Lipinski definition) is 2. The van der Waals surface area contributed by atoms with Crippen LogP contribution >= 0.6 is 0 Å². The van der Waals surface area contributed by atoms with Gasteiger partial charge in [-0.3, -0.25) is 4.79 Å². The van der Waals surface area contributed by atoms with Crippen LogP contribution in [-0.4, -0.2) is 25.2 Å². The highest BCUT2D eigenvalue weighted by Gasteiger charge is 2.19. The van der Waals surface area contributed by atoms with Crippen LogP contribution in [0.15, 0.2) is 18.2 Å². The summed E-state index contributed by atoms with van der Waals surface area (Å²) in [5.74, 6) is -0.892. The Kier molecular flexibility index (Phi) is 4.23. The highest BCUT2D eigenvalue weighted by molar-refractivity contribution is 5.94. The van der Waals surface area contributed by atoms with E-state index in [1.54, 1.807) is 26.2 Å². The van der Waals surface area contributed by atoms with Gasteiger partial charge in [-0.05, 0) is 32.4 Å². The average Bonchev–Trinajstić information content (AvgIpc) is 2.30. The lowest BCUT2D eigenvalue weighted by Gasteiger charge is -2.23. The van der Waals surface area contributed by atoms with E-state index < -0.39 is 17.3 Å². The molecule has 0 aromatic heterocycles. The smallest absolute Gasteiger partial charge is 0.254 e. The Hall–Kier alpha value is -1.42. The SMILES string of the molecule is COC(C)(C)CNC(=O)c1cccc(C)c1F. The first-order chi connectivity index (χ1) is 7.87. The van der Waals surface area contributed by atoms with Gasteiger partial charge >= 0.3 is 0 Å². The van der Waals surface area contributed by atoms with Gasteiger partial charge in [-0.25, -0.2) is 4.39 Å². The molecular weight excluding hydrogens is 221 g/mol. The van der Waals surface area contributed by atoms with Gasteiger partial charge < -0.3 is 10.1 Å². The first-order valence-corrected chi connectivity index (χ1v) is 5.46. The van der Waals surface area contributed by atoms with E-state index in [9.17, 15) is 9.18 Å². The van der Waals surface area contributed by atoms with Crippen LogP contribution in [0.1, 0.15) is 29.8 Å². The summed E-state index contributed by atoms with van der Waals surface area (Å²) in [5, 5.41) is 2.65. The van der Waals surface area contributed by atoms with Crippen LogP contribution in [0.3, 0.4) is 0 Å². The van der Waals surface area contributed by atoms with E-state index in [2.05, 4.69) is 5.32 Å². The molecule has 1 amide bonds. The minimum Gasteiger partial charge on any atom is -0.377 e. The fourth-order valence-electron chi connectivity index (χ4n) is 1.28. The summed E-state index contributed by atoms with van der Waals surface area (Å²) in [6, 6.07) is 4.76. The summed E-state index contributed by atoms with van der Waals surface area (Å²) in [4.78, 5) is 11.8. The molecule has 0 aliphatic heterocycles. The van der Waals surface area contributed by atoms with Crippen molar-refractivity contribution in [2.75, 3.05) is 13.7 Å². The zero-order valence-electron chi connectivity index (χ0n) is 10.6. The predicted molar refractivity (Wildman–Crippen MR) is 64.6 cm³/mol. The summed E-state index contributed by atoms with van der Waals surface area (Å²) < 4.78 is 18.8. The molecule has 1 aromatic carbocycles. The van der Waals surface area contributed by atoms with E-state index in [4.69, 9.17) is 4.74 Å². The molecule has 1 rings (SSSR count). The molecule has 0 unspecified atom stereocenters. The Morgan fingerprint density at radius 1 is 1.47 bits per heavy atom. The molecule has 1 N–H and O–H groups in total. The van der Waals surface area contributed by atoms with Crippen molar-refractivity contribution < 1.29 is 13.9 Å². The Bertz CT molecular complexity index is 416. The van der Waals surface area contributed by atoms with E-state index in [-0.39, 0.29) is 5.56 Å². The molecule has 0 saturated heterocycles. The standard InChI is InChI=1S/C13H18FNO2/c1-9-6-5-7-10(11(9)14)12(16)15-8-13(2,3)17-4/h5-7H,8H2,1-4H3,(H,15,16). The number of halogens is 1. The third-order valence-electron chi connectivity index (χ3n) is 2.66. The van der Waals surface area contributed by atoms with Crippen LogP contribution in [-0.2, 0) is 4.74 Å². The molecule has 0 fully saturated rings. The van der Waals surface area contributed by atoms with Crippen molar-refractivity contribution in [1.82, 2.24) is 5.32 Å². The van der Waals surface area contributed by atoms with E-state index in [0.29, 0.717) is 12.1 Å². The molecule has 94 valence electrons. The molecule has 0 saturated carbocycles. The molecule has 0 spiro atoms. The summed E-state index contributed by atoms with van der Waals surface area (Å²) in [6.45, 7) is 5.65. The normalized spacial score (nSPS) is 11.4. The van der Waals surface area contributed by atoms with Crippen molar-refractivity contribution in [3.8, 4) is 0 Å². The number of aryl methyl sites for hydroxylation is 1. The van der Waals surface area contributed by atoms with Crippen LogP contribution in [0.25, 0.3) is 0 Å². The lowest BCUT2D eigenvalue weighted by Crippen LogP contribution is -2.40. The van der Waals surface area contributed by atoms with Gasteiger partial charge in [0.05, 0.1) is 11.2 Å². The maximum absolute atomic E-state index is 13.7. The maximum Gasteiger partial charge on any atom is 0.254 e. The van der Waals surface area contributed by atoms with Gasteiger partial charge in [0, 0.05) is 13.7 Å². The van der Waals surface area contributed by atoms with E-state index in [0.717, 1.165) is 0 Å². The number of nitrogens with one attached hydrogen (secondary N) is 1. The number of carbonyl (C=O) groups excluding carboxylic acids is 1. The number of benzene rings is 1. The number of amides is 1. The number of ether oxygens (including phenoxy) is 1. The van der Waals surface area contributed by atoms with Crippen molar-refractivity contribution in [3.05, 3.63) is 35.1 Å². The van der Waals surface area contributed by atoms with Crippen LogP contribution in [0.4, 0.5) is 4.39 Å². The zero-order valence-corrected chi connectivity index (χ0v) is 10.6. The number of rotatable bonds is 4. The molecule has 17 heavy (non-hydrogen) atoms. The summed E-state index contributed by atoms with van der Waals surface area (Å²) in [5.41, 5.74) is 0.0660. The van der Waals surface area contributed by atoms with Crippen LogP contribution in [0.2, 0.25) is 0 Å². The summed E-state index contributed by atoms with van der Waals surface area (Å²) >= 11 is 0. The second kappa shape index (κ2) is 5.27. The first kappa shape index (κ1) is 13.6. The quantitative estimate of drug-likeness (QED) is 0.875. The van der Waals surface area contributed by atoms with Gasteiger partial charge in [-0.2, -0.15) is 0 Å². The Labute approximate surface area is 101 Å². The number of carbonyl (C=O) groups is 1. The molecule has 0 aliphatic carbocycles. The van der Waals surface area contributed by atoms with E-state index in [1.807, 2.05) is 13.8 Å². The van der Waals surface area contributed by atoms with Crippen LogP contribution < -0.4 is 5.32 Å². The highest BCUT2D eigenvalue weighted by atomic mass is 19.1. The molecule has 0 aliphatic rings. The molecule has 0 heterocycles. The first-order valence-electron chi connectivity index (χ1n) is 5.46. The molecule has 3 nitrogen and oxygen atoms in total. The zero-order chi connectivity index (χ0) is 13.1. The van der Waals surface area contributed by atoms with Gasteiger partial charge in [0.25, 0.3) is 5.91 Å². The van der Waals surface area contributed by atoms with Crippen molar-refractivity contribution in [3.63, 3.8) is 0 Å². The second-order valence-electron chi connectivity index (χ2n) is 4.58. The monoisotopic (exact) mass is 239 g/mol. The van der Waals surface area contributed by atoms with Gasteiger partial charge in [0.2, 0.25) is 0 Å². The molecular formula is C13H18FNO2. The average molecular weight is 239 g/mol. The second-order valence-corrected chi connectivity index (χ2v) is 4.58. The minimum atomic E-state index is -0.472. The van der Waals surface area contributed by atoms with Crippen molar-refractivity contribution >= 4 is 5.91 Å². The Morgan fingerprint density at radius 2 is 2.12 bits per heavy atom. The summed E-state index contributed by atoms with van der Waals surface area (Å²) in [7, 11) is 1.57. The molecule has 0 bridgehead atoms. The minimum absolute atomic E-state index is 0.0666. The van der Waals surface area contributed by atoms with E-state index in [1.165, 1.54) is 6.07 Å². The Balaban J connectivity index is 2.74. The van der Waals surface area contributed by atoms with Crippen molar-refractivity contribution in [1.29, 1.82) is 0 Å². The van der Waals surface area contributed by atoms with Crippen molar-refractivity contribution in [2.24, 2.45) is 0 Å². The molecule has 1 aromatic rings. The number of methoxy groups -OCH3 is 1. The van der Waals surface area contributed by atoms with Crippen LogP contribution in [0.5, 0.6) is 0 Å². The maximum atomic E-state index is 13.7. The van der Waals surface area contributed by atoms with Gasteiger partial charge in [-0.1, -0.05) is 12.1 Å². The van der Waals surface area contributed by atoms with Gasteiger partial charge in [0.15, 0.2) is 0 Å². The van der Waals surface area contributed by atoms with Gasteiger partial charge in [0.1, 0.15) is 5.82 Å². The third-order valence-corrected chi connectivity index (χ3v) is 2.66. The van der Waals surface area contributed by atoms with Crippen molar-refractivity contribution in [2.45, 2.75) is 26.4 Å². The predicted octanol–water partition coefficient (Wildman–Crippen LogP) is 2.29. The Morgan fingerprint density at radius 3 is 2.71 bits per heavy atom. The molecule has 0 atom stereocenters. The summed E-state index contributed by atoms with van der Waals surface area (Å²) in [6.07, 6.45) is 0. The lowest BCUT2D eigenvalue weighted by atomic mass is 10.1. The third kappa shape index (κ3) is 3.53. The topological polar surface area (TPSA) is 38.3 Å². The number of hydrogen-bond donors (Lipinski definition) is 1. The van der Waals surface area contributed by atoms with Crippen LogP contribution in [0, 0.1) is 12.7 Å².